The summed E-state index contributed by atoms with van der Waals surface area (Å²) in [6, 6.07) is 9.02. The standard InChI is InChI=1S/C47H70N9O11P/c1-8-31(6)42(46(62)50-26-33-17-12-13-19-49-33)54-43(59)35(30(4)5)24-40(57)36(21-29(2)3)52-45(61)39(23-34-25-48-28-51-34)55(7)47(63)37(22-32-15-10-9-11-16-32)53-44(60)38-18-14-20-56(38)41(58)27-67-68(64,65)66/h9-13,15-17,19,25,28-31,35-40,42,57H,8,14,18,20-24,26-27H2,1-7H3,(H,48,51)(H,50,62)(H,52,61)(H,53,60)(H,54,59)(H2,64,65,66). The van der Waals surface area contributed by atoms with Crippen molar-refractivity contribution in [2.24, 2.45) is 23.7 Å². The quantitative estimate of drug-likeness (QED) is 0.0538. The van der Waals surface area contributed by atoms with Gasteiger partial charge in [0.15, 0.2) is 0 Å². The number of aliphatic hydroxyl groups excluding tert-OH is 1. The van der Waals surface area contributed by atoms with Gasteiger partial charge in [0, 0.05) is 50.4 Å². The summed E-state index contributed by atoms with van der Waals surface area (Å²) in [6.45, 7) is 10.7. The van der Waals surface area contributed by atoms with Crippen molar-refractivity contribution in [3.05, 3.63) is 84.2 Å². The van der Waals surface area contributed by atoms with Gasteiger partial charge in [-0.25, -0.2) is 9.55 Å². The van der Waals surface area contributed by atoms with Crippen molar-refractivity contribution >= 4 is 43.3 Å². The number of rotatable bonds is 26. The molecule has 8 unspecified atom stereocenters. The fourth-order valence-corrected chi connectivity index (χ4v) is 8.52. The normalized spacial score (nSPS) is 17.1. The number of pyridine rings is 1. The molecule has 374 valence electrons. The van der Waals surface area contributed by atoms with Gasteiger partial charge >= 0.3 is 7.82 Å². The van der Waals surface area contributed by atoms with Crippen LogP contribution >= 0.6 is 7.82 Å². The number of phosphoric ester groups is 1. The predicted octanol–water partition coefficient (Wildman–Crippen LogP) is 2.40. The second-order valence-corrected chi connectivity index (χ2v) is 19.6. The van der Waals surface area contributed by atoms with E-state index >= 15 is 0 Å². The molecule has 68 heavy (non-hydrogen) atoms. The van der Waals surface area contributed by atoms with Crippen molar-refractivity contribution in [3.8, 4) is 0 Å². The molecule has 2 aromatic heterocycles. The molecular formula is C47H70N9O11P. The number of hydrogen-bond acceptors (Lipinski definition) is 11. The number of phosphoric acid groups is 1. The van der Waals surface area contributed by atoms with Gasteiger partial charge in [0.1, 0.15) is 30.8 Å². The Morgan fingerprint density at radius 3 is 2.24 bits per heavy atom. The lowest BCUT2D eigenvalue weighted by molar-refractivity contribution is -0.144. The molecule has 1 aliphatic rings. The summed E-state index contributed by atoms with van der Waals surface area (Å²) in [4.78, 5) is 116. The molecule has 21 heteroatoms. The lowest BCUT2D eigenvalue weighted by atomic mass is 9.85. The molecule has 20 nitrogen and oxygen atoms in total. The molecule has 0 spiro atoms. The van der Waals surface area contributed by atoms with Crippen LogP contribution in [-0.4, -0.2) is 132 Å². The molecule has 1 saturated heterocycles. The van der Waals surface area contributed by atoms with Gasteiger partial charge in [0.25, 0.3) is 0 Å². The molecule has 0 radical (unpaired) electrons. The third-order valence-corrected chi connectivity index (χ3v) is 12.8. The van der Waals surface area contributed by atoms with E-state index in [4.69, 9.17) is 9.79 Å². The summed E-state index contributed by atoms with van der Waals surface area (Å²) >= 11 is 0. The first kappa shape index (κ1) is 55.1. The number of aliphatic hydroxyl groups is 1. The van der Waals surface area contributed by atoms with Crippen LogP contribution in [0.4, 0.5) is 0 Å². The molecular weight excluding hydrogens is 898 g/mol. The van der Waals surface area contributed by atoms with E-state index in [1.54, 1.807) is 48.7 Å². The molecule has 0 bridgehead atoms. The van der Waals surface area contributed by atoms with Crippen molar-refractivity contribution < 1.29 is 52.7 Å². The molecule has 1 aliphatic heterocycles. The Balaban J connectivity index is 1.56. The third-order valence-electron chi connectivity index (χ3n) is 12.3. The number of nitrogens with one attached hydrogen (secondary N) is 5. The number of amides is 6. The van der Waals surface area contributed by atoms with E-state index in [-0.39, 0.29) is 62.4 Å². The second kappa shape index (κ2) is 26.3. The van der Waals surface area contributed by atoms with Crippen LogP contribution in [0.5, 0.6) is 0 Å². The van der Waals surface area contributed by atoms with Gasteiger partial charge in [-0.15, -0.1) is 0 Å². The number of likely N-dealkylation sites (tertiary alicyclic amines) is 1. The summed E-state index contributed by atoms with van der Waals surface area (Å²) in [5.41, 5.74) is 1.87. The number of H-pyrrole nitrogens is 1. The van der Waals surface area contributed by atoms with Crippen molar-refractivity contribution in [1.29, 1.82) is 0 Å². The van der Waals surface area contributed by atoms with E-state index in [0.717, 1.165) is 4.90 Å². The van der Waals surface area contributed by atoms with Crippen LogP contribution in [0.15, 0.2) is 67.3 Å². The van der Waals surface area contributed by atoms with Gasteiger partial charge in [0.05, 0.1) is 30.7 Å². The van der Waals surface area contributed by atoms with Gasteiger partial charge in [0.2, 0.25) is 35.4 Å². The fraction of sp³-hybridized carbons (Fsp3) is 0.574. The van der Waals surface area contributed by atoms with Crippen LogP contribution in [0.2, 0.25) is 0 Å². The van der Waals surface area contributed by atoms with Gasteiger partial charge in [-0.05, 0) is 61.1 Å². The maximum Gasteiger partial charge on any atom is 0.470 e. The number of carbonyl (C=O) groups is 6. The lowest BCUT2D eigenvalue weighted by Crippen LogP contribution is -2.59. The van der Waals surface area contributed by atoms with E-state index in [1.807, 2.05) is 47.6 Å². The van der Waals surface area contributed by atoms with Gasteiger partial charge < -0.3 is 50.9 Å². The van der Waals surface area contributed by atoms with Crippen molar-refractivity contribution in [2.75, 3.05) is 20.2 Å². The number of aromatic amines is 1. The number of benzene rings is 1. The zero-order valence-electron chi connectivity index (χ0n) is 40.0. The van der Waals surface area contributed by atoms with Crippen LogP contribution in [-0.2, 0) is 57.2 Å². The molecule has 4 rings (SSSR count). The van der Waals surface area contributed by atoms with Gasteiger partial charge in [-0.2, -0.15) is 0 Å². The van der Waals surface area contributed by atoms with E-state index in [1.165, 1.54) is 24.5 Å². The van der Waals surface area contributed by atoms with Crippen LogP contribution < -0.4 is 21.3 Å². The van der Waals surface area contributed by atoms with Crippen LogP contribution in [0.1, 0.15) is 90.6 Å². The highest BCUT2D eigenvalue weighted by molar-refractivity contribution is 7.46. The lowest BCUT2D eigenvalue weighted by Gasteiger charge is -2.35. The number of carbonyl (C=O) groups excluding carboxylic acids is 6. The highest BCUT2D eigenvalue weighted by atomic mass is 31.2. The fourth-order valence-electron chi connectivity index (χ4n) is 8.25. The summed E-state index contributed by atoms with van der Waals surface area (Å²) in [5, 5.41) is 23.6. The number of nitrogens with zero attached hydrogens (tertiary/aromatic N) is 4. The summed E-state index contributed by atoms with van der Waals surface area (Å²) in [5.74, 6) is -4.79. The van der Waals surface area contributed by atoms with Crippen molar-refractivity contribution in [1.82, 2.24) is 46.0 Å². The smallest absolute Gasteiger partial charge is 0.391 e. The van der Waals surface area contributed by atoms with Gasteiger partial charge in [-0.1, -0.05) is 84.4 Å². The molecule has 0 aliphatic carbocycles. The highest BCUT2D eigenvalue weighted by Crippen LogP contribution is 2.36. The highest BCUT2D eigenvalue weighted by Gasteiger charge is 2.40. The molecule has 1 aromatic carbocycles. The van der Waals surface area contributed by atoms with Crippen molar-refractivity contribution in [2.45, 2.75) is 129 Å². The minimum Gasteiger partial charge on any atom is -0.391 e. The Bertz CT molecular complexity index is 2140. The summed E-state index contributed by atoms with van der Waals surface area (Å²) < 4.78 is 15.7. The monoisotopic (exact) mass is 967 g/mol. The van der Waals surface area contributed by atoms with E-state index in [0.29, 0.717) is 36.2 Å². The molecule has 3 heterocycles. The molecule has 3 aromatic rings. The first-order valence-electron chi connectivity index (χ1n) is 23.2. The Morgan fingerprint density at radius 1 is 0.926 bits per heavy atom. The Hall–Kier alpha value is -5.53. The number of imidazole rings is 1. The maximum absolute atomic E-state index is 14.7. The minimum atomic E-state index is -4.97. The third kappa shape index (κ3) is 16.9. The largest absolute Gasteiger partial charge is 0.470 e. The summed E-state index contributed by atoms with van der Waals surface area (Å²) in [7, 11) is -3.53. The first-order chi connectivity index (χ1) is 32.2. The zero-order chi connectivity index (χ0) is 50.1. The number of aromatic nitrogens is 3. The van der Waals surface area contributed by atoms with Crippen molar-refractivity contribution in [3.63, 3.8) is 0 Å². The molecule has 8 atom stereocenters. The van der Waals surface area contributed by atoms with Crippen LogP contribution in [0.3, 0.4) is 0 Å². The second-order valence-electron chi connectivity index (χ2n) is 18.3. The minimum absolute atomic E-state index is 0.00720. The molecule has 0 saturated carbocycles. The number of hydrogen-bond donors (Lipinski definition) is 8. The SMILES string of the molecule is CCC(C)C(NC(=O)C(CC(O)C(CC(C)C)NC(=O)C(Cc1cnc[nH]1)N(C)C(=O)C(Cc1ccccc1)NC(=O)C1CCCN1C(=O)COP(=O)(O)O)C(C)C)C(=O)NCc1ccccn1. The molecule has 6 amide bonds. The zero-order valence-corrected chi connectivity index (χ0v) is 40.9. The number of likely N-dealkylation sites (N-methyl/N-ethyl adjacent to an activating group) is 1. The Labute approximate surface area is 398 Å². The molecule has 8 N–H and O–H groups in total. The first-order valence-corrected chi connectivity index (χ1v) is 24.8. The topological polar surface area (TPSA) is 286 Å². The molecule has 1 fully saturated rings. The van der Waals surface area contributed by atoms with E-state index in [9.17, 15) is 38.4 Å². The average molecular weight is 968 g/mol. The van der Waals surface area contributed by atoms with E-state index < -0.39 is 86.2 Å². The van der Waals surface area contributed by atoms with Gasteiger partial charge in [-0.3, -0.25) is 38.3 Å². The summed E-state index contributed by atoms with van der Waals surface area (Å²) in [6.07, 6.45) is 4.81. The average Bonchev–Trinajstić information content (AvgIpc) is 4.02. The maximum atomic E-state index is 14.7. The van der Waals surface area contributed by atoms with E-state index in [2.05, 4.69) is 40.7 Å². The Kier molecular flexibility index (Phi) is 21.3. The Morgan fingerprint density at radius 2 is 1.63 bits per heavy atom. The van der Waals surface area contributed by atoms with Crippen LogP contribution in [0.25, 0.3) is 0 Å². The van der Waals surface area contributed by atoms with Crippen LogP contribution in [0, 0.1) is 23.7 Å². The predicted molar refractivity (Wildman–Crippen MR) is 251 cm³/mol.